The van der Waals surface area contributed by atoms with Crippen molar-refractivity contribution >= 4 is 11.3 Å². The SMILES string of the molecule is CC1CCC(N)(c2nc(-c3cccnc3)cs2)CC1. The Bertz CT molecular complexity index is 542. The van der Waals surface area contributed by atoms with E-state index in [0.29, 0.717) is 0 Å². The van der Waals surface area contributed by atoms with E-state index in [-0.39, 0.29) is 5.54 Å². The maximum absolute atomic E-state index is 6.57. The van der Waals surface area contributed by atoms with Crippen molar-refractivity contribution in [3.63, 3.8) is 0 Å². The molecule has 1 saturated carbocycles. The summed E-state index contributed by atoms with van der Waals surface area (Å²) in [5.74, 6) is 0.800. The van der Waals surface area contributed by atoms with Crippen LogP contribution in [0.4, 0.5) is 0 Å². The Morgan fingerprint density at radius 1 is 1.37 bits per heavy atom. The molecule has 2 heterocycles. The van der Waals surface area contributed by atoms with Crippen LogP contribution < -0.4 is 5.73 Å². The second-order valence-corrected chi connectivity index (χ2v) is 6.48. The molecule has 1 aliphatic carbocycles. The van der Waals surface area contributed by atoms with Crippen LogP contribution in [0.15, 0.2) is 29.9 Å². The van der Waals surface area contributed by atoms with Gasteiger partial charge in [-0.25, -0.2) is 4.98 Å². The molecule has 0 aromatic carbocycles. The molecular formula is C15H19N3S. The number of hydrogen-bond donors (Lipinski definition) is 1. The van der Waals surface area contributed by atoms with Crippen molar-refractivity contribution in [1.82, 2.24) is 9.97 Å². The van der Waals surface area contributed by atoms with Crippen LogP contribution in [0.25, 0.3) is 11.3 Å². The van der Waals surface area contributed by atoms with Gasteiger partial charge in [-0.1, -0.05) is 6.92 Å². The summed E-state index contributed by atoms with van der Waals surface area (Å²) in [4.78, 5) is 8.90. The largest absolute Gasteiger partial charge is 0.319 e. The van der Waals surface area contributed by atoms with Crippen molar-refractivity contribution in [3.05, 3.63) is 34.9 Å². The van der Waals surface area contributed by atoms with Crippen molar-refractivity contribution in [2.24, 2.45) is 11.7 Å². The number of thiazole rings is 1. The van der Waals surface area contributed by atoms with Gasteiger partial charge in [0.15, 0.2) is 0 Å². The third kappa shape index (κ3) is 2.55. The standard InChI is InChI=1S/C15H19N3S/c1-11-4-6-15(16,7-5-11)14-18-13(10-19-14)12-3-2-8-17-9-12/h2-3,8-11H,4-7,16H2,1H3. The Balaban J connectivity index is 1.85. The Morgan fingerprint density at radius 3 is 2.84 bits per heavy atom. The van der Waals surface area contributed by atoms with Gasteiger partial charge in [0.25, 0.3) is 0 Å². The van der Waals surface area contributed by atoms with Crippen LogP contribution in [0.2, 0.25) is 0 Å². The molecule has 0 atom stereocenters. The second-order valence-electron chi connectivity index (χ2n) is 5.62. The smallest absolute Gasteiger partial charge is 0.113 e. The molecule has 0 radical (unpaired) electrons. The van der Waals surface area contributed by atoms with E-state index in [1.165, 1.54) is 12.8 Å². The van der Waals surface area contributed by atoms with Crippen LogP contribution in [0.5, 0.6) is 0 Å². The van der Waals surface area contributed by atoms with E-state index in [1.807, 2.05) is 18.3 Å². The fourth-order valence-corrected chi connectivity index (χ4v) is 3.64. The lowest BCUT2D eigenvalue weighted by atomic mass is 9.78. The summed E-state index contributed by atoms with van der Waals surface area (Å²) in [7, 11) is 0. The van der Waals surface area contributed by atoms with E-state index in [2.05, 4.69) is 17.3 Å². The van der Waals surface area contributed by atoms with Crippen molar-refractivity contribution in [1.29, 1.82) is 0 Å². The van der Waals surface area contributed by atoms with Gasteiger partial charge in [-0.3, -0.25) is 4.98 Å². The molecule has 0 unspecified atom stereocenters. The Hall–Kier alpha value is -1.26. The van der Waals surface area contributed by atoms with E-state index in [4.69, 9.17) is 10.7 Å². The molecule has 0 spiro atoms. The first-order chi connectivity index (χ1) is 9.17. The first kappa shape index (κ1) is 12.8. The van der Waals surface area contributed by atoms with Crippen LogP contribution in [-0.2, 0) is 5.54 Å². The minimum absolute atomic E-state index is 0.211. The summed E-state index contributed by atoms with van der Waals surface area (Å²) < 4.78 is 0. The molecule has 19 heavy (non-hydrogen) atoms. The van der Waals surface area contributed by atoms with Gasteiger partial charge >= 0.3 is 0 Å². The zero-order valence-electron chi connectivity index (χ0n) is 11.2. The quantitative estimate of drug-likeness (QED) is 0.910. The van der Waals surface area contributed by atoms with Crippen molar-refractivity contribution in [2.75, 3.05) is 0 Å². The predicted octanol–water partition coefficient (Wildman–Crippen LogP) is 3.57. The van der Waals surface area contributed by atoms with Crippen LogP contribution in [0.3, 0.4) is 0 Å². The molecule has 3 rings (SSSR count). The van der Waals surface area contributed by atoms with E-state index in [1.54, 1.807) is 17.5 Å². The van der Waals surface area contributed by atoms with Gasteiger partial charge in [0.1, 0.15) is 5.01 Å². The molecule has 1 fully saturated rings. The number of rotatable bonds is 2. The number of hydrogen-bond acceptors (Lipinski definition) is 4. The second kappa shape index (κ2) is 5.02. The summed E-state index contributed by atoms with van der Waals surface area (Å²) in [5.41, 5.74) is 8.42. The molecular weight excluding hydrogens is 254 g/mol. The van der Waals surface area contributed by atoms with Crippen LogP contribution in [0.1, 0.15) is 37.6 Å². The van der Waals surface area contributed by atoms with Gasteiger partial charge in [-0.2, -0.15) is 0 Å². The summed E-state index contributed by atoms with van der Waals surface area (Å²) in [6, 6.07) is 3.98. The summed E-state index contributed by atoms with van der Waals surface area (Å²) in [6.07, 6.45) is 8.15. The number of pyridine rings is 1. The Morgan fingerprint density at radius 2 is 2.16 bits per heavy atom. The molecule has 100 valence electrons. The van der Waals surface area contributed by atoms with Crippen LogP contribution in [0, 0.1) is 5.92 Å². The lowest BCUT2D eigenvalue weighted by molar-refractivity contribution is 0.247. The predicted molar refractivity (Wildman–Crippen MR) is 78.8 cm³/mol. The highest BCUT2D eigenvalue weighted by molar-refractivity contribution is 7.10. The lowest BCUT2D eigenvalue weighted by Crippen LogP contribution is -2.40. The number of aromatic nitrogens is 2. The van der Waals surface area contributed by atoms with Gasteiger partial charge in [-0.15, -0.1) is 11.3 Å². The lowest BCUT2D eigenvalue weighted by Gasteiger charge is -2.34. The monoisotopic (exact) mass is 273 g/mol. The third-order valence-electron chi connectivity index (χ3n) is 4.05. The maximum Gasteiger partial charge on any atom is 0.113 e. The Labute approximate surface area is 117 Å². The van der Waals surface area contributed by atoms with Gasteiger partial charge in [0, 0.05) is 23.3 Å². The summed E-state index contributed by atoms with van der Waals surface area (Å²) in [6.45, 7) is 2.31. The highest BCUT2D eigenvalue weighted by Crippen LogP contribution is 2.39. The first-order valence-corrected chi connectivity index (χ1v) is 7.71. The molecule has 2 aromatic rings. The van der Waals surface area contributed by atoms with Gasteiger partial charge in [0.05, 0.1) is 11.2 Å². The van der Waals surface area contributed by atoms with E-state index in [0.717, 1.165) is 35.0 Å². The summed E-state index contributed by atoms with van der Waals surface area (Å²) >= 11 is 1.69. The van der Waals surface area contributed by atoms with Gasteiger partial charge in [-0.05, 0) is 43.7 Å². The molecule has 4 heteroatoms. The first-order valence-electron chi connectivity index (χ1n) is 6.83. The molecule has 2 aromatic heterocycles. The molecule has 0 aliphatic heterocycles. The molecule has 1 aliphatic rings. The molecule has 0 amide bonds. The number of nitrogens with two attached hydrogens (primary N) is 1. The molecule has 3 nitrogen and oxygen atoms in total. The average Bonchev–Trinajstić information content (AvgIpc) is 2.94. The number of nitrogens with zero attached hydrogens (tertiary/aromatic N) is 2. The minimum atomic E-state index is -0.211. The fraction of sp³-hybridized carbons (Fsp3) is 0.467. The van der Waals surface area contributed by atoms with Crippen LogP contribution >= 0.6 is 11.3 Å². The zero-order chi connectivity index (χ0) is 13.3. The molecule has 0 bridgehead atoms. The average molecular weight is 273 g/mol. The topological polar surface area (TPSA) is 51.8 Å². The van der Waals surface area contributed by atoms with Crippen molar-refractivity contribution in [2.45, 2.75) is 38.1 Å². The maximum atomic E-state index is 6.57. The minimum Gasteiger partial charge on any atom is -0.319 e. The van der Waals surface area contributed by atoms with E-state index < -0.39 is 0 Å². The van der Waals surface area contributed by atoms with E-state index in [9.17, 15) is 0 Å². The van der Waals surface area contributed by atoms with E-state index >= 15 is 0 Å². The highest BCUT2D eigenvalue weighted by Gasteiger charge is 2.34. The summed E-state index contributed by atoms with van der Waals surface area (Å²) in [5, 5.41) is 3.18. The fourth-order valence-electron chi connectivity index (χ4n) is 2.64. The van der Waals surface area contributed by atoms with Gasteiger partial charge < -0.3 is 5.73 Å². The van der Waals surface area contributed by atoms with Crippen molar-refractivity contribution in [3.8, 4) is 11.3 Å². The normalized spacial score (nSPS) is 27.4. The van der Waals surface area contributed by atoms with Gasteiger partial charge in [0.2, 0.25) is 0 Å². The third-order valence-corrected chi connectivity index (χ3v) is 5.12. The van der Waals surface area contributed by atoms with Crippen LogP contribution in [-0.4, -0.2) is 9.97 Å². The Kier molecular flexibility index (Phi) is 3.37. The van der Waals surface area contributed by atoms with Crippen molar-refractivity contribution < 1.29 is 0 Å². The molecule has 0 saturated heterocycles. The zero-order valence-corrected chi connectivity index (χ0v) is 12.0. The highest BCUT2D eigenvalue weighted by atomic mass is 32.1. The molecule has 2 N–H and O–H groups in total.